The average Bonchev–Trinajstić information content (AvgIpc) is 2.94. The smallest absolute Gasteiger partial charge is 0.228 e. The zero-order chi connectivity index (χ0) is 16.4. The Kier molecular flexibility index (Phi) is 4.01. The van der Waals surface area contributed by atoms with E-state index in [9.17, 15) is 0 Å². The summed E-state index contributed by atoms with van der Waals surface area (Å²) in [5.74, 6) is 2.28. The van der Waals surface area contributed by atoms with E-state index in [1.807, 2.05) is 50.3 Å². The van der Waals surface area contributed by atoms with Gasteiger partial charge in [0, 0.05) is 27.7 Å². The highest BCUT2D eigenvalue weighted by atomic mass is 16.5. The van der Waals surface area contributed by atoms with Crippen molar-refractivity contribution in [2.24, 2.45) is 7.05 Å². The van der Waals surface area contributed by atoms with Crippen LogP contribution in [0.5, 0.6) is 5.75 Å². The number of nitrogens with one attached hydrogen (secondary N) is 1. The first-order chi connectivity index (χ1) is 11.1. The summed E-state index contributed by atoms with van der Waals surface area (Å²) in [6.45, 7) is 0.665. The van der Waals surface area contributed by atoms with Crippen molar-refractivity contribution in [2.75, 3.05) is 31.4 Å². The van der Waals surface area contributed by atoms with Gasteiger partial charge >= 0.3 is 0 Å². The lowest BCUT2D eigenvalue weighted by atomic mass is 10.2. The molecule has 1 aromatic carbocycles. The maximum atomic E-state index is 5.18. The van der Waals surface area contributed by atoms with Crippen LogP contribution >= 0.6 is 0 Å². The molecule has 23 heavy (non-hydrogen) atoms. The third-order valence-corrected chi connectivity index (χ3v) is 3.60. The minimum Gasteiger partial charge on any atom is -0.497 e. The largest absolute Gasteiger partial charge is 0.497 e. The van der Waals surface area contributed by atoms with Crippen molar-refractivity contribution >= 4 is 22.8 Å². The number of rotatable bonds is 5. The van der Waals surface area contributed by atoms with Crippen LogP contribution in [-0.2, 0) is 13.6 Å². The lowest BCUT2D eigenvalue weighted by Crippen LogP contribution is -2.14. The molecule has 0 bridgehead atoms. The van der Waals surface area contributed by atoms with E-state index in [1.165, 1.54) is 0 Å². The Morgan fingerprint density at radius 3 is 2.57 bits per heavy atom. The SMILES string of the molecule is COc1ccc(CNc2nc(N(C)C)nc3c2cnn3C)cc1. The van der Waals surface area contributed by atoms with Gasteiger partial charge in [-0.15, -0.1) is 0 Å². The van der Waals surface area contributed by atoms with Crippen molar-refractivity contribution in [3.05, 3.63) is 36.0 Å². The van der Waals surface area contributed by atoms with Gasteiger partial charge in [0.2, 0.25) is 5.95 Å². The first-order valence-corrected chi connectivity index (χ1v) is 7.32. The predicted molar refractivity (Wildman–Crippen MR) is 91.0 cm³/mol. The van der Waals surface area contributed by atoms with E-state index in [-0.39, 0.29) is 0 Å². The lowest BCUT2D eigenvalue weighted by molar-refractivity contribution is 0.414. The number of hydrogen-bond acceptors (Lipinski definition) is 6. The van der Waals surface area contributed by atoms with Crippen molar-refractivity contribution in [3.8, 4) is 5.75 Å². The molecule has 0 saturated heterocycles. The minimum atomic E-state index is 0.651. The number of ether oxygens (including phenoxy) is 1. The number of benzene rings is 1. The number of anilines is 2. The zero-order valence-corrected chi connectivity index (χ0v) is 13.7. The van der Waals surface area contributed by atoms with Gasteiger partial charge in [-0.2, -0.15) is 15.1 Å². The van der Waals surface area contributed by atoms with Gasteiger partial charge in [0.15, 0.2) is 5.65 Å². The Balaban J connectivity index is 1.88. The number of aromatic nitrogens is 4. The Hall–Kier alpha value is -2.83. The van der Waals surface area contributed by atoms with E-state index >= 15 is 0 Å². The summed E-state index contributed by atoms with van der Waals surface area (Å²) in [4.78, 5) is 11.0. The molecule has 0 fully saturated rings. The van der Waals surface area contributed by atoms with Crippen LogP contribution in [0.4, 0.5) is 11.8 Å². The van der Waals surface area contributed by atoms with E-state index in [2.05, 4.69) is 20.4 Å². The van der Waals surface area contributed by atoms with Crippen molar-refractivity contribution in [3.63, 3.8) is 0 Å². The minimum absolute atomic E-state index is 0.651. The number of methoxy groups -OCH3 is 1. The molecule has 3 rings (SSSR count). The molecule has 0 spiro atoms. The number of fused-ring (bicyclic) bond motifs is 1. The van der Waals surface area contributed by atoms with Gasteiger partial charge in [-0.25, -0.2) is 0 Å². The highest BCUT2D eigenvalue weighted by Crippen LogP contribution is 2.23. The molecule has 2 heterocycles. The standard InChI is InChI=1S/C16H20N6O/c1-21(2)16-19-14(13-10-18-22(3)15(13)20-16)17-9-11-5-7-12(23-4)8-6-11/h5-8,10H,9H2,1-4H3,(H,17,19,20). The molecular formula is C16H20N6O. The van der Waals surface area contributed by atoms with Crippen molar-refractivity contribution < 1.29 is 4.74 Å². The van der Waals surface area contributed by atoms with E-state index in [1.54, 1.807) is 18.0 Å². The van der Waals surface area contributed by atoms with Gasteiger partial charge in [0.05, 0.1) is 18.7 Å². The Labute approximate surface area is 134 Å². The van der Waals surface area contributed by atoms with E-state index in [0.717, 1.165) is 28.2 Å². The molecule has 7 heteroatoms. The molecule has 0 aliphatic carbocycles. The topological polar surface area (TPSA) is 68.1 Å². The summed E-state index contributed by atoms with van der Waals surface area (Å²) in [6.07, 6.45) is 1.78. The third-order valence-electron chi connectivity index (χ3n) is 3.60. The molecule has 2 aromatic heterocycles. The fraction of sp³-hybridized carbons (Fsp3) is 0.312. The van der Waals surface area contributed by atoms with E-state index in [4.69, 9.17) is 4.74 Å². The molecule has 0 aliphatic rings. The molecule has 3 aromatic rings. The van der Waals surface area contributed by atoms with Gasteiger partial charge in [-0.1, -0.05) is 12.1 Å². The maximum Gasteiger partial charge on any atom is 0.228 e. The molecule has 0 amide bonds. The monoisotopic (exact) mass is 312 g/mol. The zero-order valence-electron chi connectivity index (χ0n) is 13.7. The molecule has 0 radical (unpaired) electrons. The van der Waals surface area contributed by atoms with Crippen LogP contribution in [0.1, 0.15) is 5.56 Å². The van der Waals surface area contributed by atoms with Gasteiger partial charge in [0.25, 0.3) is 0 Å². The summed E-state index contributed by atoms with van der Waals surface area (Å²) in [5.41, 5.74) is 1.95. The van der Waals surface area contributed by atoms with E-state index in [0.29, 0.717) is 12.5 Å². The molecule has 0 aliphatic heterocycles. The quantitative estimate of drug-likeness (QED) is 0.778. The molecule has 7 nitrogen and oxygen atoms in total. The van der Waals surface area contributed by atoms with Gasteiger partial charge in [0.1, 0.15) is 11.6 Å². The Bertz CT molecular complexity index is 809. The fourth-order valence-electron chi connectivity index (χ4n) is 2.27. The fourth-order valence-corrected chi connectivity index (χ4v) is 2.27. The van der Waals surface area contributed by atoms with Crippen LogP contribution in [0, 0.1) is 0 Å². The number of nitrogens with zero attached hydrogens (tertiary/aromatic N) is 5. The molecule has 0 atom stereocenters. The first kappa shape index (κ1) is 15.1. The summed E-state index contributed by atoms with van der Waals surface area (Å²) in [5, 5.41) is 8.56. The lowest BCUT2D eigenvalue weighted by Gasteiger charge is -2.13. The van der Waals surface area contributed by atoms with Crippen LogP contribution < -0.4 is 15.0 Å². The predicted octanol–water partition coefficient (Wildman–Crippen LogP) is 2.05. The highest BCUT2D eigenvalue weighted by Gasteiger charge is 2.12. The summed E-state index contributed by atoms with van der Waals surface area (Å²) in [6, 6.07) is 7.95. The van der Waals surface area contributed by atoms with Crippen molar-refractivity contribution in [1.82, 2.24) is 19.7 Å². The molecule has 1 N–H and O–H groups in total. The Morgan fingerprint density at radius 2 is 1.91 bits per heavy atom. The molecule has 0 saturated carbocycles. The summed E-state index contributed by atoms with van der Waals surface area (Å²) >= 11 is 0. The average molecular weight is 312 g/mol. The van der Waals surface area contributed by atoms with Crippen molar-refractivity contribution in [2.45, 2.75) is 6.54 Å². The Morgan fingerprint density at radius 1 is 1.17 bits per heavy atom. The third kappa shape index (κ3) is 3.03. The summed E-state index contributed by atoms with van der Waals surface area (Å²) in [7, 11) is 7.38. The first-order valence-electron chi connectivity index (χ1n) is 7.32. The second-order valence-corrected chi connectivity index (χ2v) is 5.47. The van der Waals surface area contributed by atoms with Crippen LogP contribution in [0.25, 0.3) is 11.0 Å². The second kappa shape index (κ2) is 6.12. The number of aryl methyl sites for hydroxylation is 1. The normalized spacial score (nSPS) is 10.8. The van der Waals surface area contributed by atoms with Gasteiger partial charge in [-0.3, -0.25) is 4.68 Å². The number of hydrogen-bond donors (Lipinski definition) is 1. The van der Waals surface area contributed by atoms with Crippen molar-refractivity contribution in [1.29, 1.82) is 0 Å². The van der Waals surface area contributed by atoms with Crippen LogP contribution in [0.15, 0.2) is 30.5 Å². The van der Waals surface area contributed by atoms with Crippen LogP contribution in [0.3, 0.4) is 0 Å². The summed E-state index contributed by atoms with van der Waals surface area (Å²) < 4.78 is 6.93. The van der Waals surface area contributed by atoms with Crippen LogP contribution in [-0.4, -0.2) is 41.0 Å². The van der Waals surface area contributed by atoms with Gasteiger partial charge < -0.3 is 15.0 Å². The maximum absolute atomic E-state index is 5.18. The molecule has 120 valence electrons. The molecule has 0 unspecified atom stereocenters. The molecular weight excluding hydrogens is 292 g/mol. The highest BCUT2D eigenvalue weighted by molar-refractivity contribution is 5.87. The van der Waals surface area contributed by atoms with Crippen LogP contribution in [0.2, 0.25) is 0 Å². The van der Waals surface area contributed by atoms with Gasteiger partial charge in [-0.05, 0) is 17.7 Å². The van der Waals surface area contributed by atoms with E-state index < -0.39 is 0 Å². The second-order valence-electron chi connectivity index (χ2n) is 5.47.